The van der Waals surface area contributed by atoms with Gasteiger partial charge in [-0.2, -0.15) is 0 Å². The van der Waals surface area contributed by atoms with Gasteiger partial charge in [0.1, 0.15) is 5.60 Å². The molecule has 0 saturated carbocycles. The summed E-state index contributed by atoms with van der Waals surface area (Å²) in [6, 6.07) is 0.339. The van der Waals surface area contributed by atoms with Crippen molar-refractivity contribution in [3.63, 3.8) is 0 Å². The molecule has 136 valence electrons. The van der Waals surface area contributed by atoms with Crippen LogP contribution in [0.25, 0.3) is 0 Å². The van der Waals surface area contributed by atoms with Gasteiger partial charge in [0.05, 0.1) is 0 Å². The van der Waals surface area contributed by atoms with Gasteiger partial charge in [-0.25, -0.2) is 4.79 Å². The average molecular weight is 328 g/mol. The van der Waals surface area contributed by atoms with E-state index in [2.05, 4.69) is 31.0 Å². The lowest BCUT2D eigenvalue weighted by molar-refractivity contribution is 0.0511. The Balaban J connectivity index is 2.34. The van der Waals surface area contributed by atoms with Gasteiger partial charge in [0, 0.05) is 19.1 Å². The van der Waals surface area contributed by atoms with Crippen molar-refractivity contribution >= 4 is 6.09 Å². The smallest absolute Gasteiger partial charge is 0.407 e. The average Bonchev–Trinajstić information content (AvgIpc) is 2.41. The van der Waals surface area contributed by atoms with E-state index in [-0.39, 0.29) is 6.09 Å². The van der Waals surface area contributed by atoms with E-state index in [1.807, 2.05) is 20.8 Å². The Morgan fingerprint density at radius 1 is 1.22 bits per heavy atom. The molecule has 1 aliphatic rings. The molecule has 0 aromatic heterocycles. The number of ether oxygens (including phenoxy) is 1. The first-order valence-corrected chi connectivity index (χ1v) is 8.94. The molecule has 1 saturated heterocycles. The standard InChI is InChI=1S/C18H37N3O2/c1-17(2,3)14-8-11-21(12-9-14)15(13-19)7-10-20-16(22)23-18(4,5)6/h14-15H,7-13,19H2,1-6H3,(H,20,22). The van der Waals surface area contributed by atoms with Gasteiger partial charge in [0.2, 0.25) is 0 Å². The summed E-state index contributed by atoms with van der Waals surface area (Å²) < 4.78 is 5.26. The molecule has 1 fully saturated rings. The number of nitrogens with two attached hydrogens (primary N) is 1. The van der Waals surface area contributed by atoms with Crippen molar-refractivity contribution in [1.82, 2.24) is 10.2 Å². The highest BCUT2D eigenvalue weighted by atomic mass is 16.6. The summed E-state index contributed by atoms with van der Waals surface area (Å²) in [5.41, 5.74) is 5.90. The van der Waals surface area contributed by atoms with Crippen molar-refractivity contribution in [2.75, 3.05) is 26.2 Å². The lowest BCUT2D eigenvalue weighted by atomic mass is 9.75. The molecule has 0 radical (unpaired) electrons. The summed E-state index contributed by atoms with van der Waals surface area (Å²) in [6.45, 7) is 16.1. The van der Waals surface area contributed by atoms with Crippen molar-refractivity contribution < 1.29 is 9.53 Å². The molecule has 23 heavy (non-hydrogen) atoms. The number of rotatable bonds is 5. The number of carbonyl (C=O) groups excluding carboxylic acids is 1. The van der Waals surface area contributed by atoms with Crippen LogP contribution in [0.5, 0.6) is 0 Å². The number of hydrogen-bond acceptors (Lipinski definition) is 4. The Bertz CT molecular complexity index is 363. The van der Waals surface area contributed by atoms with Crippen LogP contribution in [0.3, 0.4) is 0 Å². The molecule has 1 heterocycles. The van der Waals surface area contributed by atoms with Crippen molar-refractivity contribution in [3.05, 3.63) is 0 Å². The third-order valence-electron chi connectivity index (χ3n) is 4.69. The van der Waals surface area contributed by atoms with Gasteiger partial charge in [-0.05, 0) is 64.5 Å². The van der Waals surface area contributed by atoms with Crippen LogP contribution in [0.15, 0.2) is 0 Å². The third kappa shape index (κ3) is 7.53. The molecule has 0 spiro atoms. The first-order valence-electron chi connectivity index (χ1n) is 8.94. The van der Waals surface area contributed by atoms with E-state index in [1.54, 1.807) is 0 Å². The molecule has 1 unspecified atom stereocenters. The van der Waals surface area contributed by atoms with Crippen LogP contribution in [-0.2, 0) is 4.74 Å². The van der Waals surface area contributed by atoms with Gasteiger partial charge in [0.15, 0.2) is 0 Å². The molecule has 0 aromatic carbocycles. The molecule has 1 rings (SSSR count). The first-order chi connectivity index (χ1) is 10.5. The second-order valence-corrected chi connectivity index (χ2v) is 8.78. The van der Waals surface area contributed by atoms with E-state index in [4.69, 9.17) is 10.5 Å². The second kappa shape index (κ2) is 8.34. The Morgan fingerprint density at radius 2 is 1.78 bits per heavy atom. The Morgan fingerprint density at radius 3 is 2.22 bits per heavy atom. The highest BCUT2D eigenvalue weighted by Crippen LogP contribution is 2.34. The molecular weight excluding hydrogens is 290 g/mol. The lowest BCUT2D eigenvalue weighted by Crippen LogP contribution is -2.48. The maximum atomic E-state index is 11.7. The topological polar surface area (TPSA) is 67.6 Å². The van der Waals surface area contributed by atoms with E-state index in [0.717, 1.165) is 25.4 Å². The first kappa shape index (κ1) is 20.2. The van der Waals surface area contributed by atoms with Crippen LogP contribution in [0.4, 0.5) is 4.79 Å². The van der Waals surface area contributed by atoms with Crippen molar-refractivity contribution in [2.45, 2.75) is 72.4 Å². The van der Waals surface area contributed by atoms with E-state index in [0.29, 0.717) is 24.5 Å². The number of carbonyl (C=O) groups is 1. The zero-order valence-electron chi connectivity index (χ0n) is 15.9. The van der Waals surface area contributed by atoms with Gasteiger partial charge in [0.25, 0.3) is 0 Å². The minimum absolute atomic E-state index is 0.339. The van der Waals surface area contributed by atoms with Gasteiger partial charge in [-0.15, -0.1) is 0 Å². The predicted molar refractivity (Wildman–Crippen MR) is 95.4 cm³/mol. The molecule has 5 heteroatoms. The van der Waals surface area contributed by atoms with Crippen LogP contribution >= 0.6 is 0 Å². The van der Waals surface area contributed by atoms with Crippen molar-refractivity contribution in [3.8, 4) is 0 Å². The molecule has 0 bridgehead atoms. The molecule has 1 atom stereocenters. The van der Waals surface area contributed by atoms with Crippen LogP contribution in [0.2, 0.25) is 0 Å². The Kier molecular flexibility index (Phi) is 7.33. The zero-order valence-corrected chi connectivity index (χ0v) is 15.9. The summed E-state index contributed by atoms with van der Waals surface area (Å²) in [5.74, 6) is 0.789. The molecule has 0 aromatic rings. The molecule has 5 nitrogen and oxygen atoms in total. The van der Waals surface area contributed by atoms with E-state index in [1.165, 1.54) is 12.8 Å². The van der Waals surface area contributed by atoms with Gasteiger partial charge in [-0.3, -0.25) is 4.90 Å². The predicted octanol–water partition coefficient (Wildman–Crippen LogP) is 2.99. The van der Waals surface area contributed by atoms with Crippen LogP contribution in [0.1, 0.15) is 60.8 Å². The largest absolute Gasteiger partial charge is 0.444 e. The zero-order chi connectivity index (χ0) is 17.7. The number of amides is 1. The number of likely N-dealkylation sites (tertiary alicyclic amines) is 1. The van der Waals surface area contributed by atoms with E-state index >= 15 is 0 Å². The van der Waals surface area contributed by atoms with E-state index < -0.39 is 5.60 Å². The second-order valence-electron chi connectivity index (χ2n) is 8.78. The van der Waals surface area contributed by atoms with Crippen molar-refractivity contribution in [2.24, 2.45) is 17.1 Å². The minimum atomic E-state index is -0.452. The monoisotopic (exact) mass is 327 g/mol. The summed E-state index contributed by atoms with van der Waals surface area (Å²) in [5, 5.41) is 2.83. The Labute approximate surface area is 142 Å². The summed E-state index contributed by atoms with van der Waals surface area (Å²) in [6.07, 6.45) is 2.99. The van der Waals surface area contributed by atoms with Crippen LogP contribution < -0.4 is 11.1 Å². The van der Waals surface area contributed by atoms with Gasteiger partial charge >= 0.3 is 6.09 Å². The number of hydrogen-bond donors (Lipinski definition) is 2. The fourth-order valence-corrected chi connectivity index (χ4v) is 3.24. The maximum Gasteiger partial charge on any atom is 0.407 e. The number of nitrogens with zero attached hydrogens (tertiary/aromatic N) is 1. The van der Waals surface area contributed by atoms with Crippen molar-refractivity contribution in [1.29, 1.82) is 0 Å². The summed E-state index contributed by atoms with van der Waals surface area (Å²) in [4.78, 5) is 14.2. The highest BCUT2D eigenvalue weighted by Gasteiger charge is 2.30. The molecule has 3 N–H and O–H groups in total. The molecular formula is C18H37N3O2. The molecule has 1 amide bonds. The van der Waals surface area contributed by atoms with Gasteiger partial charge in [-0.1, -0.05) is 20.8 Å². The summed E-state index contributed by atoms with van der Waals surface area (Å²) >= 11 is 0. The van der Waals surface area contributed by atoms with Gasteiger partial charge < -0.3 is 15.8 Å². The number of piperidine rings is 1. The fraction of sp³-hybridized carbons (Fsp3) is 0.944. The third-order valence-corrected chi connectivity index (χ3v) is 4.69. The quantitative estimate of drug-likeness (QED) is 0.814. The number of nitrogens with one attached hydrogen (secondary N) is 1. The highest BCUT2D eigenvalue weighted by molar-refractivity contribution is 5.67. The number of alkyl carbamates (subject to hydrolysis) is 1. The Hall–Kier alpha value is -0.810. The van der Waals surface area contributed by atoms with Crippen LogP contribution in [-0.4, -0.2) is 48.8 Å². The minimum Gasteiger partial charge on any atom is -0.444 e. The normalized spacial score (nSPS) is 19.4. The maximum absolute atomic E-state index is 11.7. The SMILES string of the molecule is CC(C)(C)OC(=O)NCCC(CN)N1CCC(C(C)(C)C)CC1. The fourth-order valence-electron chi connectivity index (χ4n) is 3.24. The molecule has 1 aliphatic heterocycles. The van der Waals surface area contributed by atoms with Crippen LogP contribution in [0, 0.1) is 11.3 Å². The summed E-state index contributed by atoms with van der Waals surface area (Å²) in [7, 11) is 0. The molecule has 0 aliphatic carbocycles. The van der Waals surface area contributed by atoms with E-state index in [9.17, 15) is 4.79 Å². The lowest BCUT2D eigenvalue weighted by Gasteiger charge is -2.41.